The lowest BCUT2D eigenvalue weighted by Crippen LogP contribution is -2.10. The number of nitrogens with two attached hydrogens (primary N) is 1. The number of unbranched alkanes of at least 4 members (excludes halogenated alkanes) is 3. The molecule has 18 heavy (non-hydrogen) atoms. The molecule has 1 aromatic rings. The first-order valence-corrected chi connectivity index (χ1v) is 6.93. The van der Waals surface area contributed by atoms with Crippen LogP contribution in [0.1, 0.15) is 49.3 Å². The number of hydrogen-bond acceptors (Lipinski definition) is 2. The predicted molar refractivity (Wildman–Crippen MR) is 75.9 cm³/mol. The lowest BCUT2D eigenvalue weighted by Gasteiger charge is -2.13. The smallest absolute Gasteiger partial charge is 0.122 e. The standard InChI is InChI=1S/C16H23NO/c1-2-3-4-5-6-7-15(17)13-8-9-16-14(12-13)10-11-18-16/h2,8-9,12,15H,1,3-7,10-11,17H2. The van der Waals surface area contributed by atoms with E-state index in [1.54, 1.807) is 0 Å². The normalized spacial score (nSPS) is 14.9. The summed E-state index contributed by atoms with van der Waals surface area (Å²) in [4.78, 5) is 0. The van der Waals surface area contributed by atoms with Gasteiger partial charge in [-0.1, -0.05) is 31.1 Å². The Morgan fingerprint density at radius 1 is 1.33 bits per heavy atom. The van der Waals surface area contributed by atoms with E-state index < -0.39 is 0 Å². The Hall–Kier alpha value is -1.28. The average Bonchev–Trinajstić information content (AvgIpc) is 2.85. The van der Waals surface area contributed by atoms with Gasteiger partial charge in [0.05, 0.1) is 6.61 Å². The van der Waals surface area contributed by atoms with E-state index in [1.807, 2.05) is 6.08 Å². The van der Waals surface area contributed by atoms with Crippen molar-refractivity contribution in [3.63, 3.8) is 0 Å². The molecule has 0 amide bonds. The van der Waals surface area contributed by atoms with Crippen molar-refractivity contribution in [3.8, 4) is 5.75 Å². The molecule has 1 atom stereocenters. The zero-order valence-corrected chi connectivity index (χ0v) is 11.0. The lowest BCUT2D eigenvalue weighted by atomic mass is 9.98. The third-order valence-electron chi connectivity index (χ3n) is 3.57. The Morgan fingerprint density at radius 2 is 2.22 bits per heavy atom. The molecular weight excluding hydrogens is 222 g/mol. The lowest BCUT2D eigenvalue weighted by molar-refractivity contribution is 0.357. The summed E-state index contributed by atoms with van der Waals surface area (Å²) in [7, 11) is 0. The van der Waals surface area contributed by atoms with Crippen molar-refractivity contribution >= 4 is 0 Å². The molecule has 1 unspecified atom stereocenters. The number of allylic oxidation sites excluding steroid dienone is 1. The van der Waals surface area contributed by atoms with E-state index >= 15 is 0 Å². The molecule has 2 nitrogen and oxygen atoms in total. The van der Waals surface area contributed by atoms with Gasteiger partial charge in [-0.25, -0.2) is 0 Å². The van der Waals surface area contributed by atoms with Crippen LogP contribution in [0.15, 0.2) is 30.9 Å². The Balaban J connectivity index is 1.81. The molecule has 1 aromatic carbocycles. The topological polar surface area (TPSA) is 35.2 Å². The van der Waals surface area contributed by atoms with E-state index in [0.717, 1.165) is 31.6 Å². The summed E-state index contributed by atoms with van der Waals surface area (Å²) in [5, 5.41) is 0. The fraction of sp³-hybridized carbons (Fsp3) is 0.500. The minimum Gasteiger partial charge on any atom is -0.493 e. The van der Waals surface area contributed by atoms with E-state index in [0.29, 0.717) is 0 Å². The van der Waals surface area contributed by atoms with E-state index in [4.69, 9.17) is 10.5 Å². The summed E-state index contributed by atoms with van der Waals surface area (Å²) in [5.41, 5.74) is 8.81. The van der Waals surface area contributed by atoms with E-state index in [-0.39, 0.29) is 6.04 Å². The van der Waals surface area contributed by atoms with Gasteiger partial charge in [0.15, 0.2) is 0 Å². The average molecular weight is 245 g/mol. The zero-order chi connectivity index (χ0) is 12.8. The van der Waals surface area contributed by atoms with Crippen LogP contribution < -0.4 is 10.5 Å². The monoisotopic (exact) mass is 245 g/mol. The molecule has 0 bridgehead atoms. The molecule has 0 fully saturated rings. The van der Waals surface area contributed by atoms with Gasteiger partial charge in [-0.2, -0.15) is 0 Å². The highest BCUT2D eigenvalue weighted by Crippen LogP contribution is 2.28. The van der Waals surface area contributed by atoms with Crippen molar-refractivity contribution in [2.75, 3.05) is 6.61 Å². The SMILES string of the molecule is C=CCCCCCC(N)c1ccc2c(c1)CCO2. The van der Waals surface area contributed by atoms with Gasteiger partial charge in [0.1, 0.15) is 5.75 Å². The first-order chi connectivity index (χ1) is 8.81. The predicted octanol–water partition coefficient (Wildman–Crippen LogP) is 3.76. The van der Waals surface area contributed by atoms with Crippen LogP contribution in [-0.2, 0) is 6.42 Å². The third-order valence-corrected chi connectivity index (χ3v) is 3.57. The molecule has 0 aliphatic carbocycles. The number of fused-ring (bicyclic) bond motifs is 1. The van der Waals surface area contributed by atoms with Crippen LogP contribution in [-0.4, -0.2) is 6.61 Å². The Bertz CT molecular complexity index is 400. The van der Waals surface area contributed by atoms with Crippen LogP contribution in [0.3, 0.4) is 0 Å². The largest absolute Gasteiger partial charge is 0.493 e. The molecule has 2 N–H and O–H groups in total. The highest BCUT2D eigenvalue weighted by Gasteiger charge is 2.14. The molecule has 1 heterocycles. The molecule has 1 aliphatic heterocycles. The first-order valence-electron chi connectivity index (χ1n) is 6.93. The molecule has 2 heteroatoms. The molecule has 0 radical (unpaired) electrons. The first kappa shape index (κ1) is 13.2. The molecule has 0 aromatic heterocycles. The summed E-state index contributed by atoms with van der Waals surface area (Å²) < 4.78 is 5.51. The molecule has 2 rings (SSSR count). The fourth-order valence-electron chi connectivity index (χ4n) is 2.43. The van der Waals surface area contributed by atoms with Crippen molar-refractivity contribution < 1.29 is 4.74 Å². The molecule has 98 valence electrons. The number of benzene rings is 1. The second-order valence-electron chi connectivity index (χ2n) is 5.00. The Kier molecular flexibility index (Phi) is 4.82. The summed E-state index contributed by atoms with van der Waals surface area (Å²) >= 11 is 0. The van der Waals surface area contributed by atoms with Crippen molar-refractivity contribution in [1.29, 1.82) is 0 Å². The van der Waals surface area contributed by atoms with Crippen molar-refractivity contribution in [1.82, 2.24) is 0 Å². The van der Waals surface area contributed by atoms with Gasteiger partial charge < -0.3 is 10.5 Å². The van der Waals surface area contributed by atoms with Gasteiger partial charge in [0, 0.05) is 12.5 Å². The molecule has 0 saturated heterocycles. The molecule has 0 spiro atoms. The van der Waals surface area contributed by atoms with Gasteiger partial charge in [-0.3, -0.25) is 0 Å². The second kappa shape index (κ2) is 6.60. The summed E-state index contributed by atoms with van der Waals surface area (Å²) in [5.74, 6) is 1.04. The minimum atomic E-state index is 0.166. The third kappa shape index (κ3) is 3.36. The van der Waals surface area contributed by atoms with Crippen molar-refractivity contribution in [3.05, 3.63) is 42.0 Å². The highest BCUT2D eigenvalue weighted by atomic mass is 16.5. The van der Waals surface area contributed by atoms with E-state index in [1.165, 1.54) is 30.4 Å². The molecular formula is C16H23NO. The minimum absolute atomic E-state index is 0.166. The van der Waals surface area contributed by atoms with Gasteiger partial charge in [-0.15, -0.1) is 6.58 Å². The number of hydrogen-bond donors (Lipinski definition) is 1. The van der Waals surface area contributed by atoms with E-state index in [2.05, 4.69) is 24.8 Å². The fourth-order valence-corrected chi connectivity index (χ4v) is 2.43. The maximum atomic E-state index is 6.24. The Labute approximate surface area is 110 Å². The van der Waals surface area contributed by atoms with Gasteiger partial charge in [0.2, 0.25) is 0 Å². The highest BCUT2D eigenvalue weighted by molar-refractivity contribution is 5.40. The maximum Gasteiger partial charge on any atom is 0.122 e. The van der Waals surface area contributed by atoms with E-state index in [9.17, 15) is 0 Å². The number of ether oxygens (including phenoxy) is 1. The quantitative estimate of drug-likeness (QED) is 0.586. The van der Waals surface area contributed by atoms with Crippen molar-refractivity contribution in [2.24, 2.45) is 5.73 Å². The zero-order valence-electron chi connectivity index (χ0n) is 11.0. The maximum absolute atomic E-state index is 6.24. The van der Waals surface area contributed by atoms with Crippen LogP contribution in [0.4, 0.5) is 0 Å². The molecule has 0 saturated carbocycles. The molecule has 1 aliphatic rings. The van der Waals surface area contributed by atoms with Crippen LogP contribution in [0, 0.1) is 0 Å². The summed E-state index contributed by atoms with van der Waals surface area (Å²) in [6, 6.07) is 6.56. The van der Waals surface area contributed by atoms with Crippen LogP contribution in [0.2, 0.25) is 0 Å². The van der Waals surface area contributed by atoms with Gasteiger partial charge in [0.25, 0.3) is 0 Å². The summed E-state index contributed by atoms with van der Waals surface area (Å²) in [6.07, 6.45) is 8.86. The Morgan fingerprint density at radius 3 is 3.06 bits per heavy atom. The summed E-state index contributed by atoms with van der Waals surface area (Å²) in [6.45, 7) is 4.55. The second-order valence-corrected chi connectivity index (χ2v) is 5.00. The van der Waals surface area contributed by atoms with Gasteiger partial charge >= 0.3 is 0 Å². The number of rotatable bonds is 7. The van der Waals surface area contributed by atoms with Crippen LogP contribution in [0.25, 0.3) is 0 Å². The van der Waals surface area contributed by atoms with Crippen LogP contribution >= 0.6 is 0 Å². The van der Waals surface area contributed by atoms with Gasteiger partial charge in [-0.05, 0) is 36.5 Å². The van der Waals surface area contributed by atoms with Crippen LogP contribution in [0.5, 0.6) is 5.75 Å². The van der Waals surface area contributed by atoms with Crippen molar-refractivity contribution in [2.45, 2.75) is 44.6 Å².